The smallest absolute Gasteiger partial charge is 0.280 e. The first-order valence-corrected chi connectivity index (χ1v) is 11.7. The van der Waals surface area contributed by atoms with Gasteiger partial charge in [-0.1, -0.05) is 29.8 Å². The van der Waals surface area contributed by atoms with Crippen LogP contribution in [0.15, 0.2) is 58.6 Å². The highest BCUT2D eigenvalue weighted by Crippen LogP contribution is 2.27. The summed E-state index contributed by atoms with van der Waals surface area (Å²) in [5.74, 6) is 0.529. The molecule has 1 aromatic heterocycles. The molecule has 0 radical (unpaired) electrons. The summed E-state index contributed by atoms with van der Waals surface area (Å²) in [5, 5.41) is 0.0905. The maximum atomic E-state index is 12.8. The summed E-state index contributed by atoms with van der Waals surface area (Å²) in [6.07, 6.45) is 1.38. The van der Waals surface area contributed by atoms with Gasteiger partial charge >= 0.3 is 0 Å². The van der Waals surface area contributed by atoms with Crippen LogP contribution in [0.25, 0.3) is 0 Å². The molecule has 0 saturated carbocycles. The van der Waals surface area contributed by atoms with Crippen LogP contribution in [0, 0.1) is 13.8 Å². The lowest BCUT2D eigenvalue weighted by molar-refractivity contribution is 0.596. The van der Waals surface area contributed by atoms with Gasteiger partial charge < -0.3 is 4.57 Å². The van der Waals surface area contributed by atoms with Crippen LogP contribution in [0.2, 0.25) is 5.02 Å². The van der Waals surface area contributed by atoms with Crippen molar-refractivity contribution in [3.05, 3.63) is 65.1 Å². The number of aryl methyl sites for hydroxylation is 3. The highest BCUT2D eigenvalue weighted by Gasteiger charge is 2.22. The molecule has 0 aliphatic rings. The average Bonchev–Trinajstić information content (AvgIpc) is 2.98. The molecule has 0 saturated heterocycles. The van der Waals surface area contributed by atoms with Gasteiger partial charge in [0.2, 0.25) is 0 Å². The van der Waals surface area contributed by atoms with Crippen LogP contribution in [0.4, 0.5) is 11.4 Å². The number of imidazole rings is 1. The van der Waals surface area contributed by atoms with Gasteiger partial charge in [-0.3, -0.25) is 9.44 Å². The van der Waals surface area contributed by atoms with E-state index in [9.17, 15) is 16.8 Å². The summed E-state index contributed by atoms with van der Waals surface area (Å²) >= 11 is 6.03. The second kappa shape index (κ2) is 7.69. The number of hydrogen-bond donors (Lipinski definition) is 2. The van der Waals surface area contributed by atoms with Gasteiger partial charge in [0.25, 0.3) is 20.0 Å². The highest BCUT2D eigenvalue weighted by molar-refractivity contribution is 7.93. The topological polar surface area (TPSA) is 110 Å². The zero-order chi connectivity index (χ0) is 21.4. The fraction of sp³-hybridized carbons (Fsp3) is 0.167. The van der Waals surface area contributed by atoms with E-state index < -0.39 is 20.0 Å². The van der Waals surface area contributed by atoms with Crippen LogP contribution in [0.1, 0.15) is 11.4 Å². The summed E-state index contributed by atoms with van der Waals surface area (Å²) in [4.78, 5) is 3.93. The third-order valence-electron chi connectivity index (χ3n) is 4.21. The quantitative estimate of drug-likeness (QED) is 0.593. The lowest BCUT2D eigenvalue weighted by atomic mass is 10.2. The van der Waals surface area contributed by atoms with Crippen LogP contribution < -0.4 is 9.44 Å². The number of nitrogens with zero attached hydrogens (tertiary/aromatic N) is 2. The van der Waals surface area contributed by atoms with Gasteiger partial charge in [-0.25, -0.2) is 13.4 Å². The molecule has 0 fully saturated rings. The van der Waals surface area contributed by atoms with Crippen molar-refractivity contribution in [2.45, 2.75) is 23.8 Å². The van der Waals surface area contributed by atoms with E-state index in [0.717, 1.165) is 0 Å². The first-order chi connectivity index (χ1) is 13.5. The lowest BCUT2D eigenvalue weighted by Gasteiger charge is -2.13. The minimum absolute atomic E-state index is 0.0742. The predicted octanol–water partition coefficient (Wildman–Crippen LogP) is 3.29. The molecule has 0 aliphatic heterocycles. The Hall–Kier alpha value is -2.56. The Morgan fingerprint density at radius 3 is 2.28 bits per heavy atom. The zero-order valence-corrected chi connectivity index (χ0v) is 18.2. The molecule has 2 N–H and O–H groups in total. The second-order valence-electron chi connectivity index (χ2n) is 6.41. The maximum Gasteiger partial charge on any atom is 0.280 e. The molecule has 2 aromatic carbocycles. The number of anilines is 2. The van der Waals surface area contributed by atoms with Crippen molar-refractivity contribution in [3.63, 3.8) is 0 Å². The molecule has 11 heteroatoms. The van der Waals surface area contributed by atoms with E-state index in [1.807, 2.05) is 0 Å². The number of para-hydroxylation sites is 1. The lowest BCUT2D eigenvalue weighted by Crippen LogP contribution is -2.17. The highest BCUT2D eigenvalue weighted by atomic mass is 35.5. The monoisotopic (exact) mass is 454 g/mol. The van der Waals surface area contributed by atoms with E-state index >= 15 is 0 Å². The first kappa shape index (κ1) is 21.2. The maximum absolute atomic E-state index is 12.8. The third kappa shape index (κ3) is 4.55. The molecule has 0 amide bonds. The summed E-state index contributed by atoms with van der Waals surface area (Å²) in [6.45, 7) is 3.29. The number of hydrogen-bond acceptors (Lipinski definition) is 5. The van der Waals surface area contributed by atoms with Gasteiger partial charge in [0.05, 0.1) is 21.3 Å². The fourth-order valence-corrected chi connectivity index (χ4v) is 5.24. The van der Waals surface area contributed by atoms with Gasteiger partial charge in [0, 0.05) is 13.2 Å². The Bertz CT molecular complexity index is 1270. The molecular weight excluding hydrogens is 436 g/mol. The van der Waals surface area contributed by atoms with Gasteiger partial charge in [-0.05, 0) is 43.7 Å². The number of aromatic nitrogens is 2. The Kier molecular flexibility index (Phi) is 5.61. The Balaban J connectivity index is 1.94. The van der Waals surface area contributed by atoms with Crippen molar-refractivity contribution in [2.75, 3.05) is 9.44 Å². The molecule has 3 aromatic rings. The van der Waals surface area contributed by atoms with E-state index in [1.54, 1.807) is 43.7 Å². The van der Waals surface area contributed by atoms with Crippen LogP contribution in [-0.4, -0.2) is 26.4 Å². The third-order valence-corrected chi connectivity index (χ3v) is 7.30. The molecule has 0 aliphatic carbocycles. The summed E-state index contributed by atoms with van der Waals surface area (Å²) in [6, 6.07) is 10.7. The van der Waals surface area contributed by atoms with Crippen molar-refractivity contribution < 1.29 is 16.8 Å². The molecule has 0 spiro atoms. The second-order valence-corrected chi connectivity index (χ2v) is 10.1. The minimum Gasteiger partial charge on any atom is -0.337 e. The fourth-order valence-electron chi connectivity index (χ4n) is 2.56. The van der Waals surface area contributed by atoms with E-state index in [1.165, 1.54) is 30.5 Å². The minimum atomic E-state index is -4.00. The number of sulfonamides is 2. The molecule has 1 heterocycles. The van der Waals surface area contributed by atoms with E-state index in [4.69, 9.17) is 11.6 Å². The van der Waals surface area contributed by atoms with Crippen LogP contribution in [0.5, 0.6) is 0 Å². The molecule has 0 unspecified atom stereocenters. The van der Waals surface area contributed by atoms with Crippen molar-refractivity contribution in [1.29, 1.82) is 0 Å². The first-order valence-electron chi connectivity index (χ1n) is 8.40. The number of halogens is 1. The van der Waals surface area contributed by atoms with Gasteiger partial charge in [-0.2, -0.15) is 8.42 Å². The average molecular weight is 455 g/mol. The number of rotatable bonds is 6. The van der Waals surface area contributed by atoms with Gasteiger partial charge in [0.15, 0.2) is 5.03 Å². The van der Waals surface area contributed by atoms with Crippen molar-refractivity contribution in [3.8, 4) is 0 Å². The summed E-state index contributed by atoms with van der Waals surface area (Å²) < 4.78 is 57.2. The summed E-state index contributed by atoms with van der Waals surface area (Å²) in [7, 11) is -6.30. The SMILES string of the molecule is Cc1ccc(NS(=O)(=O)c2cn(C)c(C)n2)cc1S(=O)(=O)Nc1ccccc1Cl. The van der Waals surface area contributed by atoms with E-state index in [2.05, 4.69) is 14.4 Å². The Morgan fingerprint density at radius 1 is 0.966 bits per heavy atom. The zero-order valence-electron chi connectivity index (χ0n) is 15.8. The molecular formula is C18H19ClN4O4S2. The van der Waals surface area contributed by atoms with Gasteiger partial charge in [0.1, 0.15) is 5.82 Å². The Labute approximate surface area is 174 Å². The molecule has 0 atom stereocenters. The predicted molar refractivity (Wildman–Crippen MR) is 112 cm³/mol. The van der Waals surface area contributed by atoms with Crippen LogP contribution >= 0.6 is 11.6 Å². The van der Waals surface area contributed by atoms with Crippen molar-refractivity contribution in [2.24, 2.45) is 7.05 Å². The largest absolute Gasteiger partial charge is 0.337 e. The number of nitrogens with one attached hydrogen (secondary N) is 2. The number of benzene rings is 2. The standard InChI is InChI=1S/C18H19ClN4O4S2/c1-12-8-9-14(21-29(26,27)18-11-23(3)13(2)20-18)10-17(12)28(24,25)22-16-7-5-4-6-15(16)19/h4-11,21-22H,1-3H3. The molecule has 3 rings (SSSR count). The van der Waals surface area contributed by atoms with E-state index in [-0.39, 0.29) is 26.3 Å². The normalized spacial score (nSPS) is 12.0. The van der Waals surface area contributed by atoms with Crippen molar-refractivity contribution in [1.82, 2.24) is 9.55 Å². The van der Waals surface area contributed by atoms with Crippen molar-refractivity contribution >= 4 is 43.0 Å². The molecule has 0 bridgehead atoms. The summed E-state index contributed by atoms with van der Waals surface area (Å²) in [5.41, 5.74) is 0.767. The van der Waals surface area contributed by atoms with Gasteiger partial charge in [-0.15, -0.1) is 0 Å². The van der Waals surface area contributed by atoms with E-state index in [0.29, 0.717) is 11.4 Å². The molecule has 8 nitrogen and oxygen atoms in total. The van der Waals surface area contributed by atoms with Crippen LogP contribution in [-0.2, 0) is 27.1 Å². The van der Waals surface area contributed by atoms with Crippen LogP contribution in [0.3, 0.4) is 0 Å². The Morgan fingerprint density at radius 2 is 1.66 bits per heavy atom. The molecule has 154 valence electrons. The molecule has 29 heavy (non-hydrogen) atoms.